The van der Waals surface area contributed by atoms with Gasteiger partial charge >= 0.3 is 0 Å². The van der Waals surface area contributed by atoms with Crippen molar-refractivity contribution in [2.24, 2.45) is 0 Å². The second-order valence-corrected chi connectivity index (χ2v) is 11.4. The third-order valence-corrected chi connectivity index (χ3v) is 7.82. The molecule has 1 unspecified atom stereocenters. The summed E-state index contributed by atoms with van der Waals surface area (Å²) in [7, 11) is 0. The van der Waals surface area contributed by atoms with Crippen molar-refractivity contribution in [3.63, 3.8) is 0 Å². The number of hydrogen-bond acceptors (Lipinski definition) is 5. The van der Waals surface area contributed by atoms with E-state index in [1.165, 1.54) is 17.8 Å². The average Bonchev–Trinajstić information content (AvgIpc) is 3.00. The minimum absolute atomic E-state index is 0.0399. The van der Waals surface area contributed by atoms with Gasteiger partial charge < -0.3 is 20.7 Å². The van der Waals surface area contributed by atoms with Crippen LogP contribution in [0.15, 0.2) is 108 Å². The van der Waals surface area contributed by atoms with Crippen LogP contribution in [0.1, 0.15) is 29.8 Å². The number of halogens is 2. The first kappa shape index (κ1) is 31.7. The third-order valence-electron chi connectivity index (χ3n) is 6.04. The number of amides is 3. The van der Waals surface area contributed by atoms with Crippen molar-refractivity contribution in [3.05, 3.63) is 124 Å². The lowest BCUT2D eigenvalue weighted by atomic mass is 10.1. The Kier molecular flexibility index (Phi) is 11.3. The van der Waals surface area contributed by atoms with Gasteiger partial charge in [-0.2, -0.15) is 0 Å². The summed E-state index contributed by atoms with van der Waals surface area (Å²) < 4.78 is 5.43. The van der Waals surface area contributed by atoms with Crippen LogP contribution >= 0.6 is 35.0 Å². The van der Waals surface area contributed by atoms with E-state index < -0.39 is 11.8 Å². The molecule has 0 aliphatic heterocycles. The van der Waals surface area contributed by atoms with Gasteiger partial charge in [0.25, 0.3) is 11.8 Å². The van der Waals surface area contributed by atoms with Gasteiger partial charge in [-0.05, 0) is 92.7 Å². The molecule has 0 spiro atoms. The SMILES string of the molecule is CCOc1ccc(NC(=O)C(C)Sc2ccc(NC(=O)/C(=C/c3c(Cl)cccc3Cl)NC(=O)c3ccccc3)cc2)cc1. The molecule has 3 N–H and O–H groups in total. The number of nitrogens with one attached hydrogen (secondary N) is 3. The number of benzene rings is 4. The zero-order valence-corrected chi connectivity index (χ0v) is 25.7. The lowest BCUT2D eigenvalue weighted by molar-refractivity contribution is -0.115. The molecule has 0 aromatic heterocycles. The molecule has 4 rings (SSSR count). The summed E-state index contributed by atoms with van der Waals surface area (Å²) in [5.41, 5.74) is 1.91. The van der Waals surface area contributed by atoms with E-state index in [0.29, 0.717) is 39.2 Å². The first-order valence-electron chi connectivity index (χ1n) is 13.4. The minimum atomic E-state index is -0.566. The van der Waals surface area contributed by atoms with Crippen molar-refractivity contribution in [1.82, 2.24) is 5.32 Å². The standard InChI is InChI=1S/C33H29Cl2N3O4S/c1-3-42-25-16-12-23(13-17-25)36-31(39)21(2)43-26-18-14-24(15-19-26)37-33(41)30(20-27-28(34)10-7-11-29(27)35)38-32(40)22-8-5-4-6-9-22/h4-21H,3H2,1-2H3,(H,36,39)(H,37,41)(H,38,40)/b30-20-. The second kappa shape index (κ2) is 15.3. The summed E-state index contributed by atoms with van der Waals surface area (Å²) in [5.74, 6) is -0.434. The number of hydrogen-bond donors (Lipinski definition) is 3. The van der Waals surface area contributed by atoms with Crippen LogP contribution in [0.5, 0.6) is 5.75 Å². The third kappa shape index (κ3) is 9.12. The Balaban J connectivity index is 1.43. The van der Waals surface area contributed by atoms with Gasteiger partial charge in [0.1, 0.15) is 11.4 Å². The molecule has 0 radical (unpaired) electrons. The summed E-state index contributed by atoms with van der Waals surface area (Å²) in [4.78, 5) is 39.8. The van der Waals surface area contributed by atoms with Crippen molar-refractivity contribution in [1.29, 1.82) is 0 Å². The van der Waals surface area contributed by atoms with Crippen LogP contribution < -0.4 is 20.7 Å². The maximum absolute atomic E-state index is 13.3. The number of ether oxygens (including phenoxy) is 1. The highest BCUT2D eigenvalue weighted by Gasteiger charge is 2.18. The number of carbonyl (C=O) groups is 3. The minimum Gasteiger partial charge on any atom is -0.494 e. The molecule has 0 saturated carbocycles. The van der Waals surface area contributed by atoms with Crippen LogP contribution in [0, 0.1) is 0 Å². The first-order valence-corrected chi connectivity index (χ1v) is 15.0. The molecular formula is C33H29Cl2N3O4S. The number of carbonyl (C=O) groups excluding carboxylic acids is 3. The first-order chi connectivity index (χ1) is 20.7. The number of anilines is 2. The van der Waals surface area contributed by atoms with Gasteiger partial charge in [0.05, 0.1) is 11.9 Å². The fraction of sp³-hybridized carbons (Fsp3) is 0.121. The van der Waals surface area contributed by atoms with E-state index in [2.05, 4.69) is 16.0 Å². The van der Waals surface area contributed by atoms with Crippen LogP contribution in [0.4, 0.5) is 11.4 Å². The van der Waals surface area contributed by atoms with Gasteiger partial charge in [0.15, 0.2) is 0 Å². The molecule has 4 aromatic carbocycles. The summed E-state index contributed by atoms with van der Waals surface area (Å²) >= 11 is 14.0. The molecule has 7 nitrogen and oxygen atoms in total. The molecule has 1 atom stereocenters. The molecule has 0 saturated heterocycles. The molecular weight excluding hydrogens is 605 g/mol. The van der Waals surface area contributed by atoms with Gasteiger partial charge in [-0.15, -0.1) is 11.8 Å². The van der Waals surface area contributed by atoms with E-state index >= 15 is 0 Å². The molecule has 10 heteroatoms. The largest absolute Gasteiger partial charge is 0.494 e. The molecule has 43 heavy (non-hydrogen) atoms. The van der Waals surface area contributed by atoms with E-state index in [1.807, 2.05) is 13.8 Å². The van der Waals surface area contributed by atoms with Crippen molar-refractivity contribution in [2.75, 3.05) is 17.2 Å². The Morgan fingerprint density at radius 1 is 0.814 bits per heavy atom. The number of rotatable bonds is 11. The Hall–Kier alpha value is -4.24. The quantitative estimate of drug-likeness (QED) is 0.115. The second-order valence-electron chi connectivity index (χ2n) is 9.20. The van der Waals surface area contributed by atoms with Gasteiger partial charge in [0, 0.05) is 37.4 Å². The van der Waals surface area contributed by atoms with Crippen molar-refractivity contribution >= 4 is 70.1 Å². The predicted octanol–water partition coefficient (Wildman–Crippen LogP) is 7.92. The van der Waals surface area contributed by atoms with Gasteiger partial charge in [-0.3, -0.25) is 14.4 Å². The van der Waals surface area contributed by atoms with Crippen LogP contribution in [0.2, 0.25) is 10.0 Å². The highest BCUT2D eigenvalue weighted by Crippen LogP contribution is 2.28. The molecule has 0 bridgehead atoms. The summed E-state index contributed by atoms with van der Waals surface area (Å²) in [5, 5.41) is 8.65. The topological polar surface area (TPSA) is 96.5 Å². The van der Waals surface area contributed by atoms with Gasteiger partial charge in [-0.25, -0.2) is 0 Å². The molecule has 0 aliphatic rings. The molecule has 0 fully saturated rings. The number of thioether (sulfide) groups is 1. The Bertz CT molecular complexity index is 1590. The molecule has 4 aromatic rings. The van der Waals surface area contributed by atoms with Crippen LogP contribution in [-0.2, 0) is 9.59 Å². The average molecular weight is 635 g/mol. The summed E-state index contributed by atoms with van der Waals surface area (Å²) in [6.07, 6.45) is 1.44. The Labute approximate surface area is 264 Å². The highest BCUT2D eigenvalue weighted by molar-refractivity contribution is 8.00. The van der Waals surface area contributed by atoms with Crippen molar-refractivity contribution in [2.45, 2.75) is 24.0 Å². The Morgan fingerprint density at radius 3 is 2.05 bits per heavy atom. The Morgan fingerprint density at radius 2 is 1.42 bits per heavy atom. The zero-order chi connectivity index (χ0) is 30.8. The van der Waals surface area contributed by atoms with E-state index in [1.54, 1.807) is 97.1 Å². The summed E-state index contributed by atoms with van der Waals surface area (Å²) in [6.45, 7) is 4.30. The van der Waals surface area contributed by atoms with Crippen molar-refractivity contribution < 1.29 is 19.1 Å². The fourth-order valence-electron chi connectivity index (χ4n) is 3.85. The van der Waals surface area contributed by atoms with Gasteiger partial charge in [0.2, 0.25) is 5.91 Å². The van der Waals surface area contributed by atoms with E-state index in [-0.39, 0.29) is 16.9 Å². The van der Waals surface area contributed by atoms with Crippen molar-refractivity contribution in [3.8, 4) is 5.75 Å². The molecule has 0 heterocycles. The van der Waals surface area contributed by atoms with Crippen LogP contribution in [0.25, 0.3) is 6.08 Å². The van der Waals surface area contributed by atoms with E-state index in [4.69, 9.17) is 27.9 Å². The maximum atomic E-state index is 13.3. The monoisotopic (exact) mass is 633 g/mol. The lowest BCUT2D eigenvalue weighted by Gasteiger charge is -2.14. The lowest BCUT2D eigenvalue weighted by Crippen LogP contribution is -2.30. The predicted molar refractivity (Wildman–Crippen MR) is 175 cm³/mol. The van der Waals surface area contributed by atoms with E-state index in [9.17, 15) is 14.4 Å². The molecule has 0 aliphatic carbocycles. The molecule has 3 amide bonds. The fourth-order valence-corrected chi connectivity index (χ4v) is 5.23. The zero-order valence-electron chi connectivity index (χ0n) is 23.4. The maximum Gasteiger partial charge on any atom is 0.272 e. The normalized spacial score (nSPS) is 11.8. The smallest absolute Gasteiger partial charge is 0.272 e. The van der Waals surface area contributed by atoms with E-state index in [0.717, 1.165) is 10.6 Å². The highest BCUT2D eigenvalue weighted by atomic mass is 35.5. The molecule has 220 valence electrons. The van der Waals surface area contributed by atoms with Crippen LogP contribution in [-0.4, -0.2) is 29.6 Å². The van der Waals surface area contributed by atoms with Crippen LogP contribution in [0.3, 0.4) is 0 Å². The summed E-state index contributed by atoms with van der Waals surface area (Å²) in [6, 6.07) is 27.8. The van der Waals surface area contributed by atoms with Gasteiger partial charge in [-0.1, -0.05) is 47.5 Å².